The molecule has 0 saturated heterocycles. The fourth-order valence-corrected chi connectivity index (χ4v) is 1.52. The summed E-state index contributed by atoms with van der Waals surface area (Å²) < 4.78 is 0. The third-order valence-electron chi connectivity index (χ3n) is 2.51. The molecule has 0 aliphatic rings. The highest BCUT2D eigenvalue weighted by molar-refractivity contribution is 5.76. The molecule has 0 fully saturated rings. The van der Waals surface area contributed by atoms with Gasteiger partial charge in [-0.3, -0.25) is 4.79 Å². The third kappa shape index (κ3) is 4.01. The minimum absolute atomic E-state index is 0.101. The molecule has 0 radical (unpaired) electrons. The zero-order valence-corrected chi connectivity index (χ0v) is 10.7. The lowest BCUT2D eigenvalue weighted by Gasteiger charge is -2.18. The predicted octanol–water partition coefficient (Wildman–Crippen LogP) is 1.02. The highest BCUT2D eigenvalue weighted by Gasteiger charge is 2.08. The Morgan fingerprint density at radius 1 is 1.50 bits per heavy atom. The lowest BCUT2D eigenvalue weighted by atomic mass is 10.3. The van der Waals surface area contributed by atoms with Crippen molar-refractivity contribution in [2.45, 2.75) is 20.3 Å². The average Bonchev–Trinajstić information content (AvgIpc) is 2.40. The first-order chi connectivity index (χ1) is 8.71. The lowest BCUT2D eigenvalue weighted by Crippen LogP contribution is -2.31. The van der Waals surface area contributed by atoms with Crippen molar-refractivity contribution in [2.75, 3.05) is 25.0 Å². The van der Waals surface area contributed by atoms with Crippen LogP contribution in [0.25, 0.3) is 0 Å². The fraction of sp³-hybridized carbons (Fsp3) is 0.500. The van der Waals surface area contributed by atoms with Gasteiger partial charge in [-0.25, -0.2) is 9.97 Å². The van der Waals surface area contributed by atoms with Crippen LogP contribution in [0, 0.1) is 11.3 Å². The molecule has 0 aromatic carbocycles. The van der Waals surface area contributed by atoms with Gasteiger partial charge in [-0.1, -0.05) is 0 Å². The van der Waals surface area contributed by atoms with Crippen LogP contribution in [0.15, 0.2) is 12.3 Å². The highest BCUT2D eigenvalue weighted by atomic mass is 16.2. The minimum Gasteiger partial charge on any atom is -0.354 e. The van der Waals surface area contributed by atoms with Gasteiger partial charge in [0.05, 0.1) is 0 Å². The van der Waals surface area contributed by atoms with E-state index in [2.05, 4.69) is 15.3 Å². The van der Waals surface area contributed by atoms with Crippen LogP contribution < -0.4 is 5.32 Å². The van der Waals surface area contributed by atoms with Crippen molar-refractivity contribution in [1.29, 1.82) is 5.26 Å². The maximum atomic E-state index is 11.7. The first kappa shape index (κ1) is 13.9. The van der Waals surface area contributed by atoms with E-state index < -0.39 is 0 Å². The van der Waals surface area contributed by atoms with Crippen molar-refractivity contribution in [1.82, 2.24) is 14.9 Å². The van der Waals surface area contributed by atoms with Gasteiger partial charge in [0.15, 0.2) is 0 Å². The maximum Gasteiger partial charge on any atom is 0.224 e. The molecule has 0 atom stereocenters. The second-order valence-corrected chi connectivity index (χ2v) is 3.62. The number of anilines is 1. The standard InChI is InChI=1S/C12H17N5O/c1-3-17(4-2)11(18)6-8-15-12-14-7-5-10(9-13)16-12/h5,7H,3-4,6,8H2,1-2H3,(H,14,15,16). The van der Waals surface area contributed by atoms with Crippen molar-refractivity contribution < 1.29 is 4.79 Å². The van der Waals surface area contributed by atoms with Crippen molar-refractivity contribution in [3.63, 3.8) is 0 Å². The topological polar surface area (TPSA) is 81.9 Å². The predicted molar refractivity (Wildman–Crippen MR) is 67.8 cm³/mol. The van der Waals surface area contributed by atoms with Crippen LogP contribution in [0.2, 0.25) is 0 Å². The number of nitriles is 1. The number of carbonyl (C=O) groups is 1. The van der Waals surface area contributed by atoms with Crippen molar-refractivity contribution in [3.8, 4) is 6.07 Å². The number of carbonyl (C=O) groups excluding carboxylic acids is 1. The minimum atomic E-state index is 0.101. The normalized spacial score (nSPS) is 9.61. The summed E-state index contributed by atoms with van der Waals surface area (Å²) in [6.45, 7) is 5.80. The van der Waals surface area contributed by atoms with Crippen LogP contribution in [-0.4, -0.2) is 40.4 Å². The Morgan fingerprint density at radius 2 is 2.22 bits per heavy atom. The summed E-state index contributed by atoms with van der Waals surface area (Å²) in [5, 5.41) is 11.6. The number of nitrogens with one attached hydrogen (secondary N) is 1. The number of hydrogen-bond donors (Lipinski definition) is 1. The monoisotopic (exact) mass is 247 g/mol. The van der Waals surface area contributed by atoms with Crippen LogP contribution >= 0.6 is 0 Å². The smallest absolute Gasteiger partial charge is 0.224 e. The van der Waals surface area contributed by atoms with Crippen LogP contribution in [0.3, 0.4) is 0 Å². The van der Waals surface area contributed by atoms with E-state index in [0.717, 1.165) is 13.1 Å². The molecule has 96 valence electrons. The molecular formula is C12H17N5O. The van der Waals surface area contributed by atoms with E-state index in [9.17, 15) is 4.79 Å². The van der Waals surface area contributed by atoms with Gasteiger partial charge in [0.2, 0.25) is 11.9 Å². The van der Waals surface area contributed by atoms with Gasteiger partial charge in [-0.2, -0.15) is 5.26 Å². The van der Waals surface area contributed by atoms with E-state index in [4.69, 9.17) is 5.26 Å². The number of rotatable bonds is 6. The molecule has 0 aliphatic heterocycles. The summed E-state index contributed by atoms with van der Waals surface area (Å²) in [6, 6.07) is 3.47. The second kappa shape index (κ2) is 7.22. The lowest BCUT2D eigenvalue weighted by molar-refractivity contribution is -0.130. The molecule has 1 rings (SSSR count). The third-order valence-corrected chi connectivity index (χ3v) is 2.51. The van der Waals surface area contributed by atoms with Gasteiger partial charge < -0.3 is 10.2 Å². The Kier molecular flexibility index (Phi) is 5.58. The second-order valence-electron chi connectivity index (χ2n) is 3.62. The highest BCUT2D eigenvalue weighted by Crippen LogP contribution is 2.00. The number of nitrogens with zero attached hydrogens (tertiary/aromatic N) is 4. The molecule has 1 aromatic heterocycles. The van der Waals surface area contributed by atoms with Gasteiger partial charge in [0.1, 0.15) is 11.8 Å². The summed E-state index contributed by atoms with van der Waals surface area (Å²) >= 11 is 0. The molecule has 1 amide bonds. The Morgan fingerprint density at radius 3 is 2.83 bits per heavy atom. The molecule has 0 spiro atoms. The SMILES string of the molecule is CCN(CC)C(=O)CCNc1nccc(C#N)n1. The van der Waals surface area contributed by atoms with Crippen LogP contribution in [-0.2, 0) is 4.79 Å². The number of aromatic nitrogens is 2. The number of amides is 1. The van der Waals surface area contributed by atoms with E-state index in [0.29, 0.717) is 24.6 Å². The Labute approximate surface area is 107 Å². The molecule has 1 aromatic rings. The van der Waals surface area contributed by atoms with Crippen LogP contribution in [0.4, 0.5) is 5.95 Å². The fourth-order valence-electron chi connectivity index (χ4n) is 1.52. The van der Waals surface area contributed by atoms with Gasteiger partial charge in [0, 0.05) is 32.3 Å². The largest absolute Gasteiger partial charge is 0.354 e. The summed E-state index contributed by atoms with van der Waals surface area (Å²) in [7, 11) is 0. The zero-order chi connectivity index (χ0) is 13.4. The average molecular weight is 247 g/mol. The molecule has 0 aliphatic carbocycles. The van der Waals surface area contributed by atoms with Gasteiger partial charge in [-0.15, -0.1) is 0 Å². The van der Waals surface area contributed by atoms with Crippen molar-refractivity contribution in [2.24, 2.45) is 0 Å². The Bertz CT molecular complexity index is 436. The first-order valence-electron chi connectivity index (χ1n) is 5.96. The molecular weight excluding hydrogens is 230 g/mol. The van der Waals surface area contributed by atoms with Crippen LogP contribution in [0.1, 0.15) is 26.0 Å². The van der Waals surface area contributed by atoms with Crippen molar-refractivity contribution in [3.05, 3.63) is 18.0 Å². The molecule has 0 unspecified atom stereocenters. The summed E-state index contributed by atoms with van der Waals surface area (Å²) in [6.07, 6.45) is 1.90. The first-order valence-corrected chi connectivity index (χ1v) is 5.96. The molecule has 0 bridgehead atoms. The van der Waals surface area contributed by atoms with Crippen LogP contribution in [0.5, 0.6) is 0 Å². The Balaban J connectivity index is 2.42. The molecule has 0 saturated carbocycles. The molecule has 1 N–H and O–H groups in total. The molecule has 1 heterocycles. The van der Waals surface area contributed by atoms with E-state index in [-0.39, 0.29) is 5.91 Å². The van der Waals surface area contributed by atoms with E-state index in [1.807, 2.05) is 19.9 Å². The van der Waals surface area contributed by atoms with Gasteiger partial charge in [-0.05, 0) is 19.9 Å². The molecule has 18 heavy (non-hydrogen) atoms. The molecule has 6 nitrogen and oxygen atoms in total. The maximum absolute atomic E-state index is 11.7. The summed E-state index contributed by atoms with van der Waals surface area (Å²) in [5.74, 6) is 0.477. The van der Waals surface area contributed by atoms with Crippen molar-refractivity contribution >= 4 is 11.9 Å². The van der Waals surface area contributed by atoms with E-state index in [1.165, 1.54) is 12.3 Å². The summed E-state index contributed by atoms with van der Waals surface area (Å²) in [4.78, 5) is 21.4. The quantitative estimate of drug-likeness (QED) is 0.811. The zero-order valence-electron chi connectivity index (χ0n) is 10.7. The molecule has 6 heteroatoms. The Hall–Kier alpha value is -2.16. The van der Waals surface area contributed by atoms with E-state index >= 15 is 0 Å². The van der Waals surface area contributed by atoms with Gasteiger partial charge >= 0.3 is 0 Å². The van der Waals surface area contributed by atoms with Gasteiger partial charge in [0.25, 0.3) is 0 Å². The van der Waals surface area contributed by atoms with E-state index in [1.54, 1.807) is 4.90 Å². The summed E-state index contributed by atoms with van der Waals surface area (Å²) in [5.41, 5.74) is 0.308. The number of hydrogen-bond acceptors (Lipinski definition) is 5.